The van der Waals surface area contributed by atoms with E-state index in [9.17, 15) is 9.59 Å². The first-order chi connectivity index (χ1) is 8.97. The Kier molecular flexibility index (Phi) is 5.95. The maximum atomic E-state index is 12.3. The Morgan fingerprint density at radius 1 is 1.53 bits per heavy atom. The molecule has 0 radical (unpaired) electrons. The number of aromatic nitrogens is 1. The number of rotatable bonds is 7. The van der Waals surface area contributed by atoms with Crippen LogP contribution in [0.2, 0.25) is 0 Å². The molecule has 0 fully saturated rings. The van der Waals surface area contributed by atoms with Crippen molar-refractivity contribution < 1.29 is 14.7 Å². The minimum atomic E-state index is -0.955. The number of carboxylic acid groups (broad SMARTS) is 1. The zero-order valence-electron chi connectivity index (χ0n) is 11.5. The Morgan fingerprint density at radius 3 is 2.79 bits per heavy atom. The van der Waals surface area contributed by atoms with Crippen LogP contribution >= 0.6 is 11.8 Å². The van der Waals surface area contributed by atoms with Crippen LogP contribution in [0.4, 0.5) is 0 Å². The Balaban J connectivity index is 2.76. The van der Waals surface area contributed by atoms with Gasteiger partial charge in [0.2, 0.25) is 0 Å². The van der Waals surface area contributed by atoms with Crippen LogP contribution in [0.15, 0.2) is 18.3 Å². The van der Waals surface area contributed by atoms with Crippen molar-refractivity contribution in [3.05, 3.63) is 24.0 Å². The lowest BCUT2D eigenvalue weighted by Gasteiger charge is -2.25. The van der Waals surface area contributed by atoms with Gasteiger partial charge in [-0.05, 0) is 37.5 Å². The maximum absolute atomic E-state index is 12.3. The lowest BCUT2D eigenvalue weighted by atomic mass is 10.2. The van der Waals surface area contributed by atoms with Gasteiger partial charge in [0.1, 0.15) is 12.2 Å². The first-order valence-corrected chi connectivity index (χ1v) is 7.49. The summed E-state index contributed by atoms with van der Waals surface area (Å²) in [6.07, 6.45) is 4.57. The zero-order chi connectivity index (χ0) is 14.4. The third kappa shape index (κ3) is 4.31. The number of carbonyl (C=O) groups is 2. The minimum absolute atomic E-state index is 0.133. The van der Waals surface area contributed by atoms with Crippen LogP contribution in [0.3, 0.4) is 0 Å². The average Bonchev–Trinajstić information content (AvgIpc) is 2.81. The van der Waals surface area contributed by atoms with Crippen molar-refractivity contribution in [2.75, 3.05) is 19.1 Å². The molecule has 1 aromatic rings. The van der Waals surface area contributed by atoms with Crippen LogP contribution in [-0.2, 0) is 11.3 Å². The number of amides is 1. The summed E-state index contributed by atoms with van der Waals surface area (Å²) in [4.78, 5) is 24.7. The second-order valence-electron chi connectivity index (χ2n) is 4.46. The molecule has 0 saturated carbocycles. The van der Waals surface area contributed by atoms with Gasteiger partial charge in [0.15, 0.2) is 0 Å². The molecule has 0 bridgehead atoms. The molecule has 0 aliphatic heterocycles. The van der Waals surface area contributed by atoms with E-state index in [2.05, 4.69) is 0 Å². The summed E-state index contributed by atoms with van der Waals surface area (Å²) in [5.74, 6) is -0.0993. The first-order valence-electron chi connectivity index (χ1n) is 6.10. The van der Waals surface area contributed by atoms with Crippen molar-refractivity contribution in [1.82, 2.24) is 9.47 Å². The highest BCUT2D eigenvalue weighted by molar-refractivity contribution is 7.98. The molecular formula is C13H20N2O3S. The van der Waals surface area contributed by atoms with Gasteiger partial charge in [0.05, 0.1) is 0 Å². The van der Waals surface area contributed by atoms with Crippen LogP contribution in [0.25, 0.3) is 0 Å². The van der Waals surface area contributed by atoms with E-state index in [0.717, 1.165) is 12.2 Å². The van der Waals surface area contributed by atoms with Crippen molar-refractivity contribution >= 4 is 23.6 Å². The smallest absolute Gasteiger partial charge is 0.323 e. The molecule has 5 nitrogen and oxygen atoms in total. The van der Waals surface area contributed by atoms with E-state index in [1.165, 1.54) is 4.57 Å². The van der Waals surface area contributed by atoms with Gasteiger partial charge >= 0.3 is 5.97 Å². The first kappa shape index (κ1) is 15.6. The molecule has 0 aliphatic carbocycles. The summed E-state index contributed by atoms with van der Waals surface area (Å²) in [5.41, 5.74) is 0.418. The highest BCUT2D eigenvalue weighted by atomic mass is 32.2. The summed E-state index contributed by atoms with van der Waals surface area (Å²) in [5, 5.41) is 8.81. The van der Waals surface area contributed by atoms with E-state index in [0.29, 0.717) is 5.69 Å². The third-order valence-electron chi connectivity index (χ3n) is 3.08. The van der Waals surface area contributed by atoms with Crippen molar-refractivity contribution in [2.24, 2.45) is 0 Å². The number of aliphatic carboxylic acids is 1. The van der Waals surface area contributed by atoms with E-state index < -0.39 is 5.97 Å². The zero-order valence-corrected chi connectivity index (χ0v) is 12.3. The average molecular weight is 284 g/mol. The largest absolute Gasteiger partial charge is 0.480 e. The summed E-state index contributed by atoms with van der Waals surface area (Å²) in [7, 11) is 1.76. The normalized spacial score (nSPS) is 12.2. The van der Waals surface area contributed by atoms with E-state index in [1.54, 1.807) is 42.0 Å². The van der Waals surface area contributed by atoms with Crippen LogP contribution < -0.4 is 0 Å². The Bertz CT molecular complexity index is 445. The summed E-state index contributed by atoms with van der Waals surface area (Å²) in [6, 6.07) is 3.48. The summed E-state index contributed by atoms with van der Waals surface area (Å²) < 4.78 is 1.46. The summed E-state index contributed by atoms with van der Waals surface area (Å²) >= 11 is 1.75. The molecule has 0 aromatic carbocycles. The van der Waals surface area contributed by atoms with Gasteiger partial charge in [-0.2, -0.15) is 11.8 Å². The van der Waals surface area contributed by atoms with Crippen LogP contribution in [0, 0.1) is 0 Å². The number of carbonyl (C=O) groups excluding carboxylic acids is 1. The molecule has 1 atom stereocenters. The number of hydrogen-bond donors (Lipinski definition) is 1. The maximum Gasteiger partial charge on any atom is 0.323 e. The van der Waals surface area contributed by atoms with Crippen molar-refractivity contribution in [3.8, 4) is 0 Å². The Morgan fingerprint density at radius 2 is 2.21 bits per heavy atom. The number of thioether (sulfide) groups is 1. The standard InChI is InChI=1S/C13H20N2O3S/c1-10(6-8-19-3)14(2)13(18)11-5-4-7-15(11)9-12(16)17/h4-5,7,10H,6,8-9H2,1-3H3,(H,16,17). The van der Waals surface area contributed by atoms with Gasteiger partial charge in [0.25, 0.3) is 5.91 Å². The SMILES string of the molecule is CSCCC(C)N(C)C(=O)c1cccn1CC(=O)O. The van der Waals surface area contributed by atoms with E-state index >= 15 is 0 Å². The predicted octanol–water partition coefficient (Wildman–Crippen LogP) is 1.79. The molecule has 1 rings (SSSR count). The second kappa shape index (κ2) is 7.23. The highest BCUT2D eigenvalue weighted by Gasteiger charge is 2.20. The van der Waals surface area contributed by atoms with Crippen molar-refractivity contribution in [3.63, 3.8) is 0 Å². The molecule has 0 aliphatic rings. The fourth-order valence-corrected chi connectivity index (χ4v) is 2.33. The van der Waals surface area contributed by atoms with Gasteiger partial charge in [-0.1, -0.05) is 0 Å². The second-order valence-corrected chi connectivity index (χ2v) is 5.45. The molecule has 1 amide bonds. The van der Waals surface area contributed by atoms with E-state index in [-0.39, 0.29) is 18.5 Å². The highest BCUT2D eigenvalue weighted by Crippen LogP contribution is 2.12. The van der Waals surface area contributed by atoms with Crippen molar-refractivity contribution in [2.45, 2.75) is 25.9 Å². The quantitative estimate of drug-likeness (QED) is 0.829. The van der Waals surface area contributed by atoms with Gasteiger partial charge in [-0.15, -0.1) is 0 Å². The fourth-order valence-electron chi connectivity index (χ4n) is 1.75. The van der Waals surface area contributed by atoms with Gasteiger partial charge < -0.3 is 14.6 Å². The summed E-state index contributed by atoms with van der Waals surface area (Å²) in [6.45, 7) is 1.81. The monoisotopic (exact) mass is 284 g/mol. The van der Waals surface area contributed by atoms with E-state index in [1.807, 2.05) is 13.2 Å². The lowest BCUT2D eigenvalue weighted by Crippen LogP contribution is -2.36. The Hall–Kier alpha value is -1.43. The third-order valence-corrected chi connectivity index (χ3v) is 3.72. The molecular weight excluding hydrogens is 264 g/mol. The molecule has 0 spiro atoms. The molecule has 1 unspecified atom stereocenters. The molecule has 1 heterocycles. The molecule has 0 saturated heterocycles. The van der Waals surface area contributed by atoms with Crippen molar-refractivity contribution in [1.29, 1.82) is 0 Å². The predicted molar refractivity (Wildman–Crippen MR) is 76.6 cm³/mol. The van der Waals surface area contributed by atoms with Crippen LogP contribution in [-0.4, -0.2) is 51.5 Å². The topological polar surface area (TPSA) is 62.5 Å². The van der Waals surface area contributed by atoms with Gasteiger partial charge in [-0.25, -0.2) is 0 Å². The number of nitrogens with zero attached hydrogens (tertiary/aromatic N) is 2. The number of carboxylic acids is 1. The number of hydrogen-bond acceptors (Lipinski definition) is 3. The molecule has 1 N–H and O–H groups in total. The van der Waals surface area contributed by atoms with Crippen LogP contribution in [0.5, 0.6) is 0 Å². The van der Waals surface area contributed by atoms with Crippen LogP contribution in [0.1, 0.15) is 23.8 Å². The van der Waals surface area contributed by atoms with Gasteiger partial charge in [-0.3, -0.25) is 9.59 Å². The molecule has 6 heteroatoms. The molecule has 1 aromatic heterocycles. The lowest BCUT2D eigenvalue weighted by molar-refractivity contribution is -0.137. The molecule has 106 valence electrons. The van der Waals surface area contributed by atoms with E-state index in [4.69, 9.17) is 5.11 Å². The Labute approximate surface area is 117 Å². The minimum Gasteiger partial charge on any atom is -0.480 e. The fraction of sp³-hybridized carbons (Fsp3) is 0.538. The molecule has 19 heavy (non-hydrogen) atoms. The van der Waals surface area contributed by atoms with Gasteiger partial charge in [0, 0.05) is 19.3 Å².